The molecule has 0 radical (unpaired) electrons. The highest BCUT2D eigenvalue weighted by atomic mass is 16.5. The van der Waals surface area contributed by atoms with Gasteiger partial charge in [0.15, 0.2) is 5.78 Å². The molecule has 9 heteroatoms. The minimum atomic E-state index is 0. The van der Waals surface area contributed by atoms with E-state index in [2.05, 4.69) is 137 Å². The van der Waals surface area contributed by atoms with Crippen LogP contribution in [0.25, 0.3) is 55.4 Å². The zero-order valence-corrected chi connectivity index (χ0v) is 36.0. The molecule has 4 aromatic heterocycles. The van der Waals surface area contributed by atoms with Gasteiger partial charge in [-0.3, -0.25) is 24.7 Å². The van der Waals surface area contributed by atoms with Crippen molar-refractivity contribution in [2.24, 2.45) is 0 Å². The molecule has 0 saturated carbocycles. The number of aromatic nitrogens is 4. The van der Waals surface area contributed by atoms with Crippen molar-refractivity contribution in [2.45, 2.75) is 53.4 Å². The summed E-state index contributed by atoms with van der Waals surface area (Å²) in [7, 11) is 0. The molecular weight excluding hydrogens is 817 g/mol. The van der Waals surface area contributed by atoms with Gasteiger partial charge < -0.3 is 10.2 Å². The fraction of sp³-hybridized carbons (Fsp3) is 0.175. The van der Waals surface area contributed by atoms with Gasteiger partial charge in [-0.1, -0.05) is 156 Å². The molecule has 4 N–H and O–H groups in total. The zero-order chi connectivity index (χ0) is 43.6. The van der Waals surface area contributed by atoms with E-state index in [9.17, 15) is 4.79 Å². The normalized spacial score (nSPS) is 12.8. The van der Waals surface area contributed by atoms with Crippen LogP contribution in [0.1, 0.15) is 81.1 Å². The van der Waals surface area contributed by atoms with Crippen LogP contribution in [0.5, 0.6) is 0 Å². The van der Waals surface area contributed by atoms with Crippen LogP contribution < -0.4 is 0 Å². The minimum Gasteiger partial charge on any atom is -0.412 e. The van der Waals surface area contributed by atoms with Crippen molar-refractivity contribution in [1.82, 2.24) is 19.9 Å². The molecule has 0 spiro atoms. The zero-order valence-electron chi connectivity index (χ0n) is 36.0. The Labute approximate surface area is 389 Å². The SMILES string of the molecule is C.C.C1CCOC1.CC1(C)c2ccccc2-c2ncccc21.N=N.O.O=C1c2ccccc2-c2ncccc21.[HH].c1ccc2c(c1)Cc1cccnc1-2.c1ccc2c(c1)ccc1cccnc12. The van der Waals surface area contributed by atoms with Crippen LogP contribution in [-0.4, -0.2) is 44.4 Å². The van der Waals surface area contributed by atoms with Crippen molar-refractivity contribution in [3.8, 4) is 33.8 Å². The number of rotatable bonds is 0. The fourth-order valence-corrected chi connectivity index (χ4v) is 8.60. The number of ketones is 1. The van der Waals surface area contributed by atoms with Crippen molar-refractivity contribution in [3.63, 3.8) is 0 Å². The van der Waals surface area contributed by atoms with Gasteiger partial charge in [0.1, 0.15) is 0 Å². The van der Waals surface area contributed by atoms with E-state index >= 15 is 0 Å². The number of nitrogens with one attached hydrogen (secondary N) is 2. The number of benzene rings is 5. The molecule has 4 aliphatic rings. The van der Waals surface area contributed by atoms with Crippen molar-refractivity contribution < 1.29 is 16.4 Å². The predicted octanol–water partition coefficient (Wildman–Crippen LogP) is 13.8. The predicted molar refractivity (Wildman–Crippen MR) is 271 cm³/mol. The standard InChI is InChI=1S/C14H13N.C13H9N.C12H7NO.C12H9N.C4H8O.2CH4.H2N2.H2O.H2/c1-14(2)11-7-4-3-6-10(11)13-12(14)8-5-9-15-13;1-2-6-12-10(4-1)7-8-11-5-3-9-14-13(11)12;14-12-9-5-2-1-4-8(9)11-10(12)6-3-7-13-11;1-2-6-11-9(4-1)8-10-5-3-7-13-12(10)11;1-2-4-5-3-1;;;1-2;;/h3-9H,1-2H3;1-9H;1-7H;1-7H,8H2;1-4H2;2*1H4;1-2H;1H2;1H. The summed E-state index contributed by atoms with van der Waals surface area (Å²) in [6.07, 6.45) is 10.9. The molecule has 3 aliphatic carbocycles. The first-order chi connectivity index (χ1) is 31.0. The highest BCUT2D eigenvalue weighted by Gasteiger charge is 2.35. The van der Waals surface area contributed by atoms with Crippen LogP contribution in [0.15, 0.2) is 183 Å². The molecule has 0 bridgehead atoms. The third-order valence-corrected chi connectivity index (χ3v) is 11.7. The quantitative estimate of drug-likeness (QED) is 0.114. The lowest BCUT2D eigenvalue weighted by Gasteiger charge is -2.20. The summed E-state index contributed by atoms with van der Waals surface area (Å²) >= 11 is 0. The van der Waals surface area contributed by atoms with Gasteiger partial charge in [-0.25, -0.2) is 11.1 Å². The van der Waals surface area contributed by atoms with Crippen molar-refractivity contribution in [3.05, 3.63) is 216 Å². The van der Waals surface area contributed by atoms with E-state index in [0.29, 0.717) is 5.56 Å². The molecule has 0 unspecified atom stereocenters. The van der Waals surface area contributed by atoms with Gasteiger partial charge >= 0.3 is 0 Å². The molecule has 5 heterocycles. The maximum absolute atomic E-state index is 11.8. The lowest BCUT2D eigenvalue weighted by Crippen LogP contribution is -2.14. The maximum Gasteiger partial charge on any atom is 0.195 e. The average Bonchev–Trinajstić information content (AvgIpc) is 4.17. The number of hydrogen-bond acceptors (Lipinski definition) is 8. The molecule has 0 atom stereocenters. The third kappa shape index (κ3) is 10.2. The molecule has 66 heavy (non-hydrogen) atoms. The molecule has 13 rings (SSSR count). The molecule has 0 amide bonds. The smallest absolute Gasteiger partial charge is 0.195 e. The summed E-state index contributed by atoms with van der Waals surface area (Å²) in [4.78, 5) is 29.4. The van der Waals surface area contributed by atoms with E-state index in [1.165, 1.54) is 62.4 Å². The second kappa shape index (κ2) is 22.9. The van der Waals surface area contributed by atoms with Crippen LogP contribution in [0, 0.1) is 11.1 Å². The van der Waals surface area contributed by atoms with E-state index in [1.807, 2.05) is 67.1 Å². The number of fused-ring (bicyclic) bond motifs is 12. The summed E-state index contributed by atoms with van der Waals surface area (Å²) in [6, 6.07) is 53.3. The van der Waals surface area contributed by atoms with Crippen LogP contribution in [0.2, 0.25) is 0 Å². The molecule has 1 aliphatic heterocycles. The Hall–Kier alpha value is -7.59. The Morgan fingerprint density at radius 2 is 0.985 bits per heavy atom. The Bertz CT molecular complexity index is 2840. The first-order valence-electron chi connectivity index (χ1n) is 21.2. The molecule has 9 nitrogen and oxygen atoms in total. The number of hydrogen-bond donors (Lipinski definition) is 2. The van der Waals surface area contributed by atoms with E-state index in [0.717, 1.165) is 53.4 Å². The molecule has 5 aromatic carbocycles. The Morgan fingerprint density at radius 1 is 0.485 bits per heavy atom. The molecule has 9 aromatic rings. The number of pyridine rings is 4. The monoisotopic (exact) mass is 876 g/mol. The first kappa shape index (κ1) is 49.4. The van der Waals surface area contributed by atoms with Gasteiger partial charge in [-0.2, -0.15) is 0 Å². The summed E-state index contributed by atoms with van der Waals surface area (Å²) in [5.41, 5.74) is 24.8. The Kier molecular flexibility index (Phi) is 17.1. The van der Waals surface area contributed by atoms with E-state index < -0.39 is 0 Å². The molecule has 1 fully saturated rings. The number of carbonyl (C=O) groups is 1. The van der Waals surface area contributed by atoms with Gasteiger partial charge in [0.2, 0.25) is 0 Å². The lowest BCUT2D eigenvalue weighted by atomic mass is 9.83. The van der Waals surface area contributed by atoms with Gasteiger partial charge in [0.25, 0.3) is 0 Å². The number of nitrogens with zero attached hydrogens (tertiary/aromatic N) is 4. The van der Waals surface area contributed by atoms with Gasteiger partial charge in [-0.05, 0) is 70.8 Å². The van der Waals surface area contributed by atoms with Crippen molar-refractivity contribution >= 4 is 27.5 Å². The Balaban J connectivity index is 0.000000183. The van der Waals surface area contributed by atoms with Crippen molar-refractivity contribution in [1.29, 1.82) is 11.1 Å². The topological polar surface area (TPSA) is 157 Å². The lowest BCUT2D eigenvalue weighted by molar-refractivity contribution is 0.104. The number of ether oxygens (including phenoxy) is 1. The maximum atomic E-state index is 11.8. The molecular formula is C57H60N6O3. The van der Waals surface area contributed by atoms with Crippen LogP contribution in [0.3, 0.4) is 0 Å². The summed E-state index contributed by atoms with van der Waals surface area (Å²) in [5, 5.41) is 3.68. The largest absolute Gasteiger partial charge is 0.412 e. The highest BCUT2D eigenvalue weighted by molar-refractivity contribution is 6.20. The van der Waals surface area contributed by atoms with Crippen LogP contribution in [-0.2, 0) is 16.6 Å². The second-order valence-electron chi connectivity index (χ2n) is 15.9. The number of carbonyl (C=O) groups excluding carboxylic acids is 1. The van der Waals surface area contributed by atoms with E-state index in [-0.39, 0.29) is 33.0 Å². The van der Waals surface area contributed by atoms with E-state index in [4.69, 9.17) is 15.8 Å². The summed E-state index contributed by atoms with van der Waals surface area (Å²) < 4.78 is 4.94. The molecule has 336 valence electrons. The average molecular weight is 877 g/mol. The molecule has 1 saturated heterocycles. The minimum absolute atomic E-state index is 0. The summed E-state index contributed by atoms with van der Waals surface area (Å²) in [5.74, 6) is 0.0868. The fourth-order valence-electron chi connectivity index (χ4n) is 8.60. The highest BCUT2D eigenvalue weighted by Crippen LogP contribution is 2.47. The third-order valence-electron chi connectivity index (χ3n) is 11.7. The van der Waals surface area contributed by atoms with Gasteiger partial charge in [0, 0.05) is 89.9 Å². The van der Waals surface area contributed by atoms with Crippen LogP contribution >= 0.6 is 0 Å². The summed E-state index contributed by atoms with van der Waals surface area (Å²) in [6.45, 7) is 6.53. The van der Waals surface area contributed by atoms with Crippen molar-refractivity contribution in [2.75, 3.05) is 13.2 Å². The van der Waals surface area contributed by atoms with E-state index in [1.54, 1.807) is 12.3 Å². The van der Waals surface area contributed by atoms with Gasteiger partial charge in [-0.15, -0.1) is 0 Å². The first-order valence-corrected chi connectivity index (χ1v) is 21.2. The van der Waals surface area contributed by atoms with Crippen LogP contribution in [0.4, 0.5) is 0 Å². The Morgan fingerprint density at radius 3 is 1.73 bits per heavy atom. The van der Waals surface area contributed by atoms with Gasteiger partial charge in [0.05, 0.1) is 22.6 Å². The second-order valence-corrected chi connectivity index (χ2v) is 15.9.